The van der Waals surface area contributed by atoms with Crippen molar-refractivity contribution in [3.63, 3.8) is 0 Å². The van der Waals surface area contributed by atoms with Crippen LogP contribution in [0.5, 0.6) is 0 Å². The standard InChI is InChI=1S/C16H26O4S/c17-21(18,19)15-9-3-8-14-20-13-7-2-6-12-16-10-4-1-5-11-16/h1,4-5,10-11H,2-3,6-9,12-15H2,(H,17,18,19)/p-1. The Balaban J connectivity index is 1.83. The van der Waals surface area contributed by atoms with Crippen molar-refractivity contribution in [2.45, 2.75) is 44.9 Å². The lowest BCUT2D eigenvalue weighted by Crippen LogP contribution is -2.04. The van der Waals surface area contributed by atoms with E-state index in [9.17, 15) is 13.0 Å². The third-order valence-corrected chi connectivity index (χ3v) is 4.07. The highest BCUT2D eigenvalue weighted by Crippen LogP contribution is 2.06. The van der Waals surface area contributed by atoms with Crippen molar-refractivity contribution in [2.75, 3.05) is 19.0 Å². The Bertz CT molecular complexity index is 456. The zero-order valence-corrected chi connectivity index (χ0v) is 13.3. The van der Waals surface area contributed by atoms with E-state index >= 15 is 0 Å². The molecule has 0 N–H and O–H groups in total. The molecule has 0 radical (unpaired) electrons. The van der Waals surface area contributed by atoms with Gasteiger partial charge in [0.15, 0.2) is 0 Å². The van der Waals surface area contributed by atoms with Gasteiger partial charge in [0.1, 0.15) is 0 Å². The molecular weight excluding hydrogens is 288 g/mol. The van der Waals surface area contributed by atoms with Gasteiger partial charge in [-0.05, 0) is 37.7 Å². The highest BCUT2D eigenvalue weighted by atomic mass is 32.2. The molecule has 0 saturated carbocycles. The molecule has 0 amide bonds. The highest BCUT2D eigenvalue weighted by Gasteiger charge is 1.96. The van der Waals surface area contributed by atoms with E-state index in [0.29, 0.717) is 13.0 Å². The van der Waals surface area contributed by atoms with Crippen LogP contribution in [0.1, 0.15) is 44.1 Å². The van der Waals surface area contributed by atoms with Gasteiger partial charge in [0.05, 0.1) is 10.1 Å². The molecule has 0 aromatic heterocycles. The summed E-state index contributed by atoms with van der Waals surface area (Å²) in [5.74, 6) is -0.257. The van der Waals surface area contributed by atoms with Gasteiger partial charge in [0.25, 0.3) is 0 Å². The molecule has 5 heteroatoms. The summed E-state index contributed by atoms with van der Waals surface area (Å²) in [5.41, 5.74) is 1.38. The SMILES string of the molecule is O=S(=O)([O-])CCCCCOCCCCCc1ccccc1. The van der Waals surface area contributed by atoms with Crippen LogP contribution >= 0.6 is 0 Å². The monoisotopic (exact) mass is 313 g/mol. The van der Waals surface area contributed by atoms with Crippen LogP contribution in [0.2, 0.25) is 0 Å². The fourth-order valence-electron chi connectivity index (χ4n) is 2.12. The second kappa shape index (κ2) is 10.8. The fourth-order valence-corrected chi connectivity index (χ4v) is 2.67. The van der Waals surface area contributed by atoms with Crippen molar-refractivity contribution < 1.29 is 17.7 Å². The van der Waals surface area contributed by atoms with E-state index in [0.717, 1.165) is 38.7 Å². The van der Waals surface area contributed by atoms with Gasteiger partial charge in [-0.1, -0.05) is 43.2 Å². The van der Waals surface area contributed by atoms with Crippen LogP contribution in [0.4, 0.5) is 0 Å². The number of benzene rings is 1. The number of ether oxygens (including phenoxy) is 1. The van der Waals surface area contributed by atoms with Crippen molar-refractivity contribution >= 4 is 10.1 Å². The molecule has 0 bridgehead atoms. The summed E-state index contributed by atoms with van der Waals surface area (Å²) in [5, 5.41) is 0. The lowest BCUT2D eigenvalue weighted by Gasteiger charge is -2.07. The summed E-state index contributed by atoms with van der Waals surface area (Å²) < 4.78 is 36.6. The van der Waals surface area contributed by atoms with Crippen LogP contribution in [0, 0.1) is 0 Å². The van der Waals surface area contributed by atoms with E-state index < -0.39 is 10.1 Å². The van der Waals surface area contributed by atoms with E-state index in [4.69, 9.17) is 4.74 Å². The van der Waals surface area contributed by atoms with Gasteiger partial charge >= 0.3 is 0 Å². The zero-order valence-electron chi connectivity index (χ0n) is 12.5. The molecule has 0 fully saturated rings. The van der Waals surface area contributed by atoms with E-state index in [-0.39, 0.29) is 5.75 Å². The third-order valence-electron chi connectivity index (χ3n) is 3.28. The minimum Gasteiger partial charge on any atom is -0.748 e. The summed E-state index contributed by atoms with van der Waals surface area (Å²) in [4.78, 5) is 0. The predicted molar refractivity (Wildman–Crippen MR) is 83.2 cm³/mol. The van der Waals surface area contributed by atoms with Gasteiger partial charge in [0.2, 0.25) is 0 Å². The van der Waals surface area contributed by atoms with Crippen LogP contribution < -0.4 is 0 Å². The second-order valence-electron chi connectivity index (χ2n) is 5.23. The smallest absolute Gasteiger partial charge is 0.0945 e. The fraction of sp³-hybridized carbons (Fsp3) is 0.625. The van der Waals surface area contributed by atoms with Crippen molar-refractivity contribution in [1.82, 2.24) is 0 Å². The van der Waals surface area contributed by atoms with Gasteiger partial charge in [-0.3, -0.25) is 0 Å². The van der Waals surface area contributed by atoms with Crippen molar-refractivity contribution in [3.05, 3.63) is 35.9 Å². The Morgan fingerprint density at radius 2 is 1.48 bits per heavy atom. The first-order valence-corrected chi connectivity index (χ1v) is 9.21. The summed E-state index contributed by atoms with van der Waals surface area (Å²) in [7, 11) is -4.05. The van der Waals surface area contributed by atoms with E-state index in [1.165, 1.54) is 12.0 Å². The molecule has 21 heavy (non-hydrogen) atoms. The minimum atomic E-state index is -4.05. The van der Waals surface area contributed by atoms with Crippen molar-refractivity contribution in [3.8, 4) is 0 Å². The lowest BCUT2D eigenvalue weighted by atomic mass is 10.1. The first kappa shape index (κ1) is 18.1. The van der Waals surface area contributed by atoms with E-state index in [2.05, 4.69) is 24.3 Å². The molecule has 0 aliphatic heterocycles. The average Bonchev–Trinajstić information content (AvgIpc) is 2.44. The zero-order chi connectivity index (χ0) is 15.4. The van der Waals surface area contributed by atoms with E-state index in [1.54, 1.807) is 0 Å². The maximum absolute atomic E-state index is 10.4. The lowest BCUT2D eigenvalue weighted by molar-refractivity contribution is 0.126. The van der Waals surface area contributed by atoms with Crippen LogP contribution in [-0.4, -0.2) is 31.9 Å². The predicted octanol–water partition coefficient (Wildman–Crippen LogP) is 3.13. The Kier molecular flexibility index (Phi) is 9.30. The average molecular weight is 313 g/mol. The number of hydrogen-bond donors (Lipinski definition) is 0. The first-order valence-electron chi connectivity index (χ1n) is 7.63. The molecular formula is C16H25O4S-. The summed E-state index contributed by atoms with van der Waals surface area (Å²) in [6.07, 6.45) is 6.49. The molecule has 0 heterocycles. The molecule has 1 aromatic rings. The number of hydrogen-bond acceptors (Lipinski definition) is 4. The van der Waals surface area contributed by atoms with E-state index in [1.807, 2.05) is 6.07 Å². The molecule has 1 aromatic carbocycles. The largest absolute Gasteiger partial charge is 0.748 e. The quantitative estimate of drug-likeness (QED) is 0.439. The van der Waals surface area contributed by atoms with Crippen LogP contribution in [0.25, 0.3) is 0 Å². The molecule has 0 saturated heterocycles. The Hall–Kier alpha value is -0.910. The number of rotatable bonds is 12. The van der Waals surface area contributed by atoms with Crippen LogP contribution in [-0.2, 0) is 21.3 Å². The Morgan fingerprint density at radius 3 is 2.10 bits per heavy atom. The summed E-state index contributed by atoms with van der Waals surface area (Å²) in [6.45, 7) is 1.41. The van der Waals surface area contributed by atoms with Crippen LogP contribution in [0.3, 0.4) is 0 Å². The molecule has 0 aliphatic carbocycles. The van der Waals surface area contributed by atoms with Crippen LogP contribution in [0.15, 0.2) is 30.3 Å². The maximum atomic E-state index is 10.4. The first-order chi connectivity index (χ1) is 10.1. The Morgan fingerprint density at radius 1 is 0.857 bits per heavy atom. The Labute approximate surface area is 128 Å². The van der Waals surface area contributed by atoms with Crippen molar-refractivity contribution in [1.29, 1.82) is 0 Å². The molecule has 1 rings (SSSR count). The topological polar surface area (TPSA) is 66.4 Å². The molecule has 120 valence electrons. The molecule has 0 unspecified atom stereocenters. The third kappa shape index (κ3) is 11.4. The molecule has 0 atom stereocenters. The highest BCUT2D eigenvalue weighted by molar-refractivity contribution is 7.85. The van der Waals surface area contributed by atoms with Gasteiger partial charge in [0, 0.05) is 19.0 Å². The molecule has 0 spiro atoms. The minimum absolute atomic E-state index is 0.257. The summed E-state index contributed by atoms with van der Waals surface area (Å²) in [6, 6.07) is 10.5. The van der Waals surface area contributed by atoms with Crippen molar-refractivity contribution in [2.24, 2.45) is 0 Å². The molecule has 0 aliphatic rings. The second-order valence-corrected chi connectivity index (χ2v) is 6.75. The van der Waals surface area contributed by atoms with Gasteiger partial charge in [-0.25, -0.2) is 8.42 Å². The normalized spacial score (nSPS) is 11.7. The molecule has 4 nitrogen and oxygen atoms in total. The summed E-state index contributed by atoms with van der Waals surface area (Å²) >= 11 is 0. The maximum Gasteiger partial charge on any atom is 0.0945 e. The van der Waals surface area contributed by atoms with Gasteiger partial charge in [-0.2, -0.15) is 0 Å². The van der Waals surface area contributed by atoms with Gasteiger partial charge < -0.3 is 9.29 Å². The number of aryl methyl sites for hydroxylation is 1. The number of unbranched alkanes of at least 4 members (excludes halogenated alkanes) is 4. The van der Waals surface area contributed by atoms with Gasteiger partial charge in [-0.15, -0.1) is 0 Å².